The molecule has 0 aromatic heterocycles. The zero-order valence-corrected chi connectivity index (χ0v) is 9.87. The summed E-state index contributed by atoms with van der Waals surface area (Å²) in [4.78, 5) is 0. The molecule has 2 heteroatoms. The predicted octanol–water partition coefficient (Wildman–Crippen LogP) is 3.01. The number of halogens is 1. The lowest BCUT2D eigenvalue weighted by atomic mass is 10.0. The molecule has 1 saturated carbocycles. The average molecular weight is 255 g/mol. The first-order valence-electron chi connectivity index (χ1n) is 5.09. The lowest BCUT2D eigenvalue weighted by Crippen LogP contribution is -2.13. The third-order valence-corrected chi connectivity index (χ3v) is 3.49. The highest BCUT2D eigenvalue weighted by atomic mass is 79.9. The van der Waals surface area contributed by atoms with Crippen molar-refractivity contribution < 1.29 is 5.11 Å². The quantitative estimate of drug-likeness (QED) is 0.880. The largest absolute Gasteiger partial charge is 0.392 e. The summed E-state index contributed by atoms with van der Waals surface area (Å²) in [5.41, 5.74) is 1.21. The first-order chi connectivity index (χ1) is 6.66. The van der Waals surface area contributed by atoms with E-state index in [-0.39, 0.29) is 6.10 Å². The van der Waals surface area contributed by atoms with Gasteiger partial charge in [0.1, 0.15) is 0 Å². The van der Waals surface area contributed by atoms with E-state index < -0.39 is 0 Å². The Morgan fingerprint density at radius 2 is 2.29 bits per heavy atom. The number of hydrogen-bond donors (Lipinski definition) is 1. The number of hydrogen-bond acceptors (Lipinski definition) is 1. The van der Waals surface area contributed by atoms with Crippen molar-refractivity contribution in [2.75, 3.05) is 0 Å². The Morgan fingerprint density at radius 1 is 1.57 bits per heavy atom. The van der Waals surface area contributed by atoms with Crippen molar-refractivity contribution in [1.82, 2.24) is 0 Å². The minimum Gasteiger partial charge on any atom is -0.392 e. The summed E-state index contributed by atoms with van der Waals surface area (Å²) in [5, 5.41) is 9.89. The first kappa shape index (κ1) is 10.2. The molecule has 1 aliphatic carbocycles. The van der Waals surface area contributed by atoms with Crippen LogP contribution in [-0.2, 0) is 6.42 Å². The van der Waals surface area contributed by atoms with Gasteiger partial charge in [-0.3, -0.25) is 0 Å². The maximum absolute atomic E-state index is 9.89. The lowest BCUT2D eigenvalue weighted by Gasteiger charge is -2.09. The molecule has 0 bridgehead atoms. The molecule has 3 atom stereocenters. The van der Waals surface area contributed by atoms with E-state index in [0.29, 0.717) is 5.92 Å². The maximum atomic E-state index is 9.89. The summed E-state index contributed by atoms with van der Waals surface area (Å²) in [6, 6.07) is 8.18. The molecule has 14 heavy (non-hydrogen) atoms. The molecule has 0 radical (unpaired) electrons. The van der Waals surface area contributed by atoms with Crippen LogP contribution in [-0.4, -0.2) is 11.2 Å². The Hall–Kier alpha value is -0.340. The SMILES string of the molecule is CC1CC1C(O)Cc1cccc(Br)c1. The molecule has 2 rings (SSSR count). The smallest absolute Gasteiger partial charge is 0.0611 e. The van der Waals surface area contributed by atoms with Crippen LogP contribution in [0, 0.1) is 11.8 Å². The zero-order chi connectivity index (χ0) is 10.1. The fraction of sp³-hybridized carbons (Fsp3) is 0.500. The number of benzene rings is 1. The predicted molar refractivity (Wildman–Crippen MR) is 61.1 cm³/mol. The van der Waals surface area contributed by atoms with Gasteiger partial charge in [-0.05, 0) is 42.4 Å². The van der Waals surface area contributed by atoms with Gasteiger partial charge in [0.15, 0.2) is 0 Å². The fourth-order valence-corrected chi connectivity index (χ4v) is 2.39. The van der Waals surface area contributed by atoms with Crippen molar-refractivity contribution in [3.05, 3.63) is 34.3 Å². The van der Waals surface area contributed by atoms with Gasteiger partial charge < -0.3 is 5.11 Å². The second-order valence-corrected chi connectivity index (χ2v) is 5.19. The second-order valence-electron chi connectivity index (χ2n) is 4.28. The van der Waals surface area contributed by atoms with Crippen LogP contribution >= 0.6 is 15.9 Å². The Kier molecular flexibility index (Phi) is 2.93. The summed E-state index contributed by atoms with van der Waals surface area (Å²) in [5.74, 6) is 1.26. The van der Waals surface area contributed by atoms with E-state index in [1.165, 1.54) is 12.0 Å². The molecule has 0 heterocycles. The van der Waals surface area contributed by atoms with Crippen LogP contribution in [0.1, 0.15) is 18.9 Å². The van der Waals surface area contributed by atoms with Crippen LogP contribution in [0.4, 0.5) is 0 Å². The van der Waals surface area contributed by atoms with Gasteiger partial charge in [0.2, 0.25) is 0 Å². The molecule has 1 aromatic carbocycles. The van der Waals surface area contributed by atoms with Crippen molar-refractivity contribution in [2.24, 2.45) is 11.8 Å². The minimum absolute atomic E-state index is 0.153. The molecule has 3 unspecified atom stereocenters. The highest BCUT2D eigenvalue weighted by molar-refractivity contribution is 9.10. The number of aliphatic hydroxyl groups excluding tert-OH is 1. The fourth-order valence-electron chi connectivity index (χ4n) is 1.94. The van der Waals surface area contributed by atoms with Gasteiger partial charge in [-0.2, -0.15) is 0 Å². The Morgan fingerprint density at radius 3 is 2.86 bits per heavy atom. The maximum Gasteiger partial charge on any atom is 0.0611 e. The molecule has 0 amide bonds. The summed E-state index contributed by atoms with van der Waals surface area (Å²) >= 11 is 3.43. The Labute approximate surface area is 93.3 Å². The molecular formula is C12H15BrO. The third-order valence-electron chi connectivity index (χ3n) is 3.00. The van der Waals surface area contributed by atoms with Crippen LogP contribution in [0.15, 0.2) is 28.7 Å². The lowest BCUT2D eigenvalue weighted by molar-refractivity contribution is 0.146. The molecule has 1 aliphatic rings. The molecular weight excluding hydrogens is 240 g/mol. The highest BCUT2D eigenvalue weighted by Crippen LogP contribution is 2.41. The average Bonchev–Trinajstić information content (AvgIpc) is 2.82. The van der Waals surface area contributed by atoms with Crippen molar-refractivity contribution in [3.8, 4) is 0 Å². The molecule has 1 N–H and O–H groups in total. The van der Waals surface area contributed by atoms with Gasteiger partial charge in [0, 0.05) is 4.47 Å². The van der Waals surface area contributed by atoms with E-state index in [4.69, 9.17) is 0 Å². The highest BCUT2D eigenvalue weighted by Gasteiger charge is 2.38. The molecule has 0 aliphatic heterocycles. The van der Waals surface area contributed by atoms with Crippen LogP contribution in [0.3, 0.4) is 0 Å². The van der Waals surface area contributed by atoms with Crippen molar-refractivity contribution in [3.63, 3.8) is 0 Å². The van der Waals surface area contributed by atoms with Crippen LogP contribution in [0.25, 0.3) is 0 Å². The first-order valence-corrected chi connectivity index (χ1v) is 5.88. The van der Waals surface area contributed by atoms with Crippen LogP contribution in [0.2, 0.25) is 0 Å². The topological polar surface area (TPSA) is 20.2 Å². The Balaban J connectivity index is 1.96. The van der Waals surface area contributed by atoms with E-state index in [0.717, 1.165) is 16.8 Å². The minimum atomic E-state index is -0.153. The van der Waals surface area contributed by atoms with Gasteiger partial charge in [0.05, 0.1) is 6.10 Å². The van der Waals surface area contributed by atoms with Gasteiger partial charge in [0.25, 0.3) is 0 Å². The van der Waals surface area contributed by atoms with E-state index in [1.54, 1.807) is 0 Å². The van der Waals surface area contributed by atoms with E-state index in [2.05, 4.69) is 35.0 Å². The molecule has 0 spiro atoms. The van der Waals surface area contributed by atoms with Crippen molar-refractivity contribution >= 4 is 15.9 Å². The summed E-state index contributed by atoms with van der Waals surface area (Å²) in [6.07, 6.45) is 1.82. The molecule has 1 aromatic rings. The summed E-state index contributed by atoms with van der Waals surface area (Å²) in [7, 11) is 0. The molecule has 1 fully saturated rings. The normalized spacial score (nSPS) is 27.4. The zero-order valence-electron chi connectivity index (χ0n) is 8.28. The molecule has 1 nitrogen and oxygen atoms in total. The standard InChI is InChI=1S/C12H15BrO/c1-8-5-11(8)12(14)7-9-3-2-4-10(13)6-9/h2-4,6,8,11-12,14H,5,7H2,1H3. The van der Waals surface area contributed by atoms with Gasteiger partial charge >= 0.3 is 0 Å². The Bertz CT molecular complexity index is 324. The van der Waals surface area contributed by atoms with Gasteiger partial charge in [-0.1, -0.05) is 35.0 Å². The molecule has 76 valence electrons. The van der Waals surface area contributed by atoms with Crippen molar-refractivity contribution in [1.29, 1.82) is 0 Å². The third kappa shape index (κ3) is 2.37. The van der Waals surface area contributed by atoms with Crippen LogP contribution in [0.5, 0.6) is 0 Å². The van der Waals surface area contributed by atoms with Crippen molar-refractivity contribution in [2.45, 2.75) is 25.9 Å². The number of aliphatic hydroxyl groups is 1. The van der Waals surface area contributed by atoms with E-state index in [9.17, 15) is 5.11 Å². The summed E-state index contributed by atoms with van der Waals surface area (Å²) < 4.78 is 1.09. The van der Waals surface area contributed by atoms with Gasteiger partial charge in [-0.25, -0.2) is 0 Å². The molecule has 0 saturated heterocycles. The van der Waals surface area contributed by atoms with E-state index in [1.807, 2.05) is 12.1 Å². The number of rotatable bonds is 3. The van der Waals surface area contributed by atoms with Gasteiger partial charge in [-0.15, -0.1) is 0 Å². The van der Waals surface area contributed by atoms with E-state index >= 15 is 0 Å². The summed E-state index contributed by atoms with van der Waals surface area (Å²) in [6.45, 7) is 2.20. The second kappa shape index (κ2) is 4.03. The monoisotopic (exact) mass is 254 g/mol. The van der Waals surface area contributed by atoms with Crippen LogP contribution < -0.4 is 0 Å².